The van der Waals surface area contributed by atoms with Crippen molar-refractivity contribution in [1.29, 1.82) is 0 Å². The average Bonchev–Trinajstić information content (AvgIpc) is 3.14. The molecule has 120 valence electrons. The second-order valence-corrected chi connectivity index (χ2v) is 6.32. The highest BCUT2D eigenvalue weighted by molar-refractivity contribution is 5.77. The molecule has 2 fully saturated rings. The minimum Gasteiger partial charge on any atom is -0.466 e. The van der Waals surface area contributed by atoms with Crippen LogP contribution in [0.3, 0.4) is 0 Å². The summed E-state index contributed by atoms with van der Waals surface area (Å²) >= 11 is 0. The fourth-order valence-electron chi connectivity index (χ4n) is 2.76. The van der Waals surface area contributed by atoms with Crippen LogP contribution in [0.1, 0.15) is 58.8 Å². The van der Waals surface area contributed by atoms with E-state index in [0.29, 0.717) is 25.2 Å². The lowest BCUT2D eigenvalue weighted by molar-refractivity contribution is -0.151. The Hall–Kier alpha value is -1.10. The number of carbonyl (C=O) groups excluding carboxylic acids is 2. The van der Waals surface area contributed by atoms with Gasteiger partial charge in [-0.3, -0.25) is 9.59 Å². The van der Waals surface area contributed by atoms with Gasteiger partial charge in [-0.05, 0) is 38.5 Å². The lowest BCUT2D eigenvalue weighted by Gasteiger charge is -2.21. The third kappa shape index (κ3) is 4.99. The summed E-state index contributed by atoms with van der Waals surface area (Å²) in [7, 11) is 0. The number of esters is 2. The monoisotopic (exact) mass is 298 g/mol. The molecule has 5 heteroatoms. The van der Waals surface area contributed by atoms with Gasteiger partial charge in [0.15, 0.2) is 0 Å². The van der Waals surface area contributed by atoms with Gasteiger partial charge in [0.2, 0.25) is 0 Å². The van der Waals surface area contributed by atoms with Crippen molar-refractivity contribution in [1.82, 2.24) is 0 Å². The molecule has 0 bridgehead atoms. The van der Waals surface area contributed by atoms with Crippen LogP contribution in [0.4, 0.5) is 0 Å². The van der Waals surface area contributed by atoms with Gasteiger partial charge in [-0.2, -0.15) is 0 Å². The molecular weight excluding hydrogens is 272 g/mol. The normalized spacial score (nSPS) is 30.4. The molecule has 0 spiro atoms. The summed E-state index contributed by atoms with van der Waals surface area (Å²) < 4.78 is 15.9. The van der Waals surface area contributed by atoms with Gasteiger partial charge in [0.25, 0.3) is 0 Å². The van der Waals surface area contributed by atoms with E-state index in [-0.39, 0.29) is 30.4 Å². The zero-order valence-corrected chi connectivity index (χ0v) is 13.1. The second kappa shape index (κ2) is 7.25. The number of unbranched alkanes of at least 4 members (excludes halogenated alkanes) is 1. The Labute approximate surface area is 126 Å². The molecule has 0 aromatic carbocycles. The summed E-state index contributed by atoms with van der Waals surface area (Å²) in [4.78, 5) is 23.0. The molecule has 2 rings (SSSR count). The molecule has 0 amide bonds. The zero-order chi connectivity index (χ0) is 15.3. The van der Waals surface area contributed by atoms with Gasteiger partial charge in [0, 0.05) is 0 Å². The van der Waals surface area contributed by atoms with Crippen molar-refractivity contribution < 1.29 is 23.8 Å². The van der Waals surface area contributed by atoms with Crippen molar-refractivity contribution in [2.45, 2.75) is 70.5 Å². The van der Waals surface area contributed by atoms with Crippen molar-refractivity contribution in [2.75, 3.05) is 13.2 Å². The average molecular weight is 298 g/mol. The highest BCUT2D eigenvalue weighted by atomic mass is 16.6. The molecule has 2 aliphatic rings. The van der Waals surface area contributed by atoms with Gasteiger partial charge in [-0.1, -0.05) is 13.3 Å². The van der Waals surface area contributed by atoms with Crippen molar-refractivity contribution in [2.24, 2.45) is 5.92 Å². The van der Waals surface area contributed by atoms with Crippen molar-refractivity contribution in [3.63, 3.8) is 0 Å². The second-order valence-electron chi connectivity index (χ2n) is 6.32. The standard InChI is InChI=1S/C16H26O5/c1-3-4-9-19-14(17)5-6-15(18)20-11-12-7-8-16(2)13(10-12)21-16/h12-13H,3-11H2,1-2H3/t12-,13?,16?/m0/s1. The Kier molecular flexibility index (Phi) is 5.62. The topological polar surface area (TPSA) is 65.1 Å². The molecule has 3 atom stereocenters. The highest BCUT2D eigenvalue weighted by Gasteiger charge is 2.55. The molecular formula is C16H26O5. The Balaban J connectivity index is 1.52. The number of epoxide rings is 1. The lowest BCUT2D eigenvalue weighted by atomic mass is 9.83. The predicted molar refractivity (Wildman–Crippen MR) is 76.7 cm³/mol. The number of ether oxygens (including phenoxy) is 3. The first-order chi connectivity index (χ1) is 10.0. The Morgan fingerprint density at radius 1 is 1.24 bits per heavy atom. The summed E-state index contributed by atoms with van der Waals surface area (Å²) in [6.07, 6.45) is 5.47. The first-order valence-corrected chi connectivity index (χ1v) is 8.02. The largest absolute Gasteiger partial charge is 0.466 e. The fourth-order valence-corrected chi connectivity index (χ4v) is 2.76. The van der Waals surface area contributed by atoms with Gasteiger partial charge in [-0.25, -0.2) is 0 Å². The highest BCUT2D eigenvalue weighted by Crippen LogP contribution is 2.49. The van der Waals surface area contributed by atoms with E-state index in [4.69, 9.17) is 14.2 Å². The van der Waals surface area contributed by atoms with E-state index in [1.54, 1.807) is 0 Å². The molecule has 1 saturated heterocycles. The first kappa shape index (κ1) is 16.3. The van der Waals surface area contributed by atoms with Crippen molar-refractivity contribution in [3.05, 3.63) is 0 Å². The minimum absolute atomic E-state index is 0.1000. The Morgan fingerprint density at radius 2 is 1.95 bits per heavy atom. The van der Waals surface area contributed by atoms with Crippen LogP contribution in [0.15, 0.2) is 0 Å². The number of hydrogen-bond acceptors (Lipinski definition) is 5. The van der Waals surface area contributed by atoms with Gasteiger partial charge in [0.05, 0.1) is 37.8 Å². The Morgan fingerprint density at radius 3 is 2.62 bits per heavy atom. The number of carbonyl (C=O) groups is 2. The van der Waals surface area contributed by atoms with Crippen LogP contribution in [0.5, 0.6) is 0 Å². The lowest BCUT2D eigenvalue weighted by Crippen LogP contribution is -2.25. The van der Waals surface area contributed by atoms with E-state index in [9.17, 15) is 9.59 Å². The molecule has 0 aromatic rings. The molecule has 0 radical (unpaired) electrons. The fraction of sp³-hybridized carbons (Fsp3) is 0.875. The smallest absolute Gasteiger partial charge is 0.306 e. The maximum absolute atomic E-state index is 11.6. The van der Waals surface area contributed by atoms with Crippen LogP contribution in [0.2, 0.25) is 0 Å². The summed E-state index contributed by atoms with van der Waals surface area (Å²) in [6, 6.07) is 0. The summed E-state index contributed by atoms with van der Waals surface area (Å²) in [5.74, 6) is -0.237. The van der Waals surface area contributed by atoms with Crippen LogP contribution >= 0.6 is 0 Å². The molecule has 0 N–H and O–H groups in total. The maximum Gasteiger partial charge on any atom is 0.306 e. The van der Waals surface area contributed by atoms with Gasteiger partial charge in [0.1, 0.15) is 0 Å². The van der Waals surface area contributed by atoms with Crippen molar-refractivity contribution >= 4 is 11.9 Å². The van der Waals surface area contributed by atoms with E-state index in [0.717, 1.165) is 32.1 Å². The third-order valence-corrected chi connectivity index (χ3v) is 4.41. The zero-order valence-electron chi connectivity index (χ0n) is 13.1. The SMILES string of the molecule is CCCCOC(=O)CCC(=O)OC[C@H]1CCC2(C)OC2C1. The number of hydrogen-bond donors (Lipinski definition) is 0. The van der Waals surface area contributed by atoms with Crippen molar-refractivity contribution in [3.8, 4) is 0 Å². The molecule has 1 heterocycles. The maximum atomic E-state index is 11.6. The predicted octanol–water partition coefficient (Wildman–Crippen LogP) is 2.61. The van der Waals surface area contributed by atoms with Gasteiger partial charge >= 0.3 is 11.9 Å². The van der Waals surface area contributed by atoms with Crippen LogP contribution in [0.25, 0.3) is 0 Å². The van der Waals surface area contributed by atoms with Gasteiger partial charge < -0.3 is 14.2 Å². The molecule has 2 unspecified atom stereocenters. The summed E-state index contributed by atoms with van der Waals surface area (Å²) in [5, 5.41) is 0. The van der Waals surface area contributed by atoms with E-state index < -0.39 is 0 Å². The third-order valence-electron chi connectivity index (χ3n) is 4.41. The summed E-state index contributed by atoms with van der Waals surface area (Å²) in [6.45, 7) is 5.06. The molecule has 1 aliphatic carbocycles. The van der Waals surface area contributed by atoms with Gasteiger partial charge in [-0.15, -0.1) is 0 Å². The van der Waals surface area contributed by atoms with E-state index in [1.165, 1.54) is 0 Å². The minimum atomic E-state index is -0.319. The Bertz CT molecular complexity index is 381. The van der Waals surface area contributed by atoms with Crippen LogP contribution in [-0.2, 0) is 23.8 Å². The quantitative estimate of drug-likeness (QED) is 0.391. The van der Waals surface area contributed by atoms with Crippen LogP contribution in [-0.4, -0.2) is 36.9 Å². The van der Waals surface area contributed by atoms with Crippen LogP contribution < -0.4 is 0 Å². The van der Waals surface area contributed by atoms with E-state index >= 15 is 0 Å². The first-order valence-electron chi connectivity index (χ1n) is 8.02. The molecule has 0 aromatic heterocycles. The number of fused-ring (bicyclic) bond motifs is 1. The molecule has 1 aliphatic heterocycles. The van der Waals surface area contributed by atoms with E-state index in [1.807, 2.05) is 6.92 Å². The number of rotatable bonds is 8. The summed E-state index contributed by atoms with van der Waals surface area (Å²) in [5.41, 5.74) is 0.1000. The van der Waals surface area contributed by atoms with Crippen LogP contribution in [0, 0.1) is 5.92 Å². The molecule has 21 heavy (non-hydrogen) atoms. The van der Waals surface area contributed by atoms with E-state index in [2.05, 4.69) is 6.92 Å². The molecule has 5 nitrogen and oxygen atoms in total. The molecule has 1 saturated carbocycles.